The Morgan fingerprint density at radius 2 is 1.79 bits per heavy atom. The van der Waals surface area contributed by atoms with Crippen LogP contribution in [0.25, 0.3) is 16.9 Å². The van der Waals surface area contributed by atoms with E-state index in [1.54, 1.807) is 35.3 Å². The van der Waals surface area contributed by atoms with Crippen molar-refractivity contribution < 1.29 is 4.79 Å². The normalized spacial score (nSPS) is 10.9. The van der Waals surface area contributed by atoms with E-state index in [0.717, 1.165) is 16.9 Å². The van der Waals surface area contributed by atoms with Gasteiger partial charge < -0.3 is 11.1 Å². The summed E-state index contributed by atoms with van der Waals surface area (Å²) in [6, 6.07) is 12.7. The summed E-state index contributed by atoms with van der Waals surface area (Å²) >= 11 is 12.5. The fourth-order valence-corrected chi connectivity index (χ4v) is 3.47. The second-order valence-corrected chi connectivity index (χ2v) is 7.03. The molecule has 1 amide bonds. The maximum Gasteiger partial charge on any atom is 0.271 e. The van der Waals surface area contributed by atoms with E-state index >= 15 is 0 Å². The summed E-state index contributed by atoms with van der Waals surface area (Å²) in [7, 11) is 1.82. The second kappa shape index (κ2) is 7.57. The van der Waals surface area contributed by atoms with E-state index in [1.165, 1.54) is 4.68 Å². The molecular weight excluding hydrogens is 413 g/mol. The highest BCUT2D eigenvalue weighted by Gasteiger charge is 2.18. The lowest BCUT2D eigenvalue weighted by molar-refractivity contribution is 0.0996. The van der Waals surface area contributed by atoms with Crippen LogP contribution in [0.5, 0.6) is 0 Å². The highest BCUT2D eigenvalue weighted by atomic mass is 35.5. The summed E-state index contributed by atoms with van der Waals surface area (Å²) in [6.07, 6.45) is 3.30. The maximum absolute atomic E-state index is 11.9. The van der Waals surface area contributed by atoms with Gasteiger partial charge in [-0.05, 0) is 24.3 Å². The SMILES string of the molecule is Cn1nncc1-c1ccc(Nc2cn(-c3c(Cl)cccc3Cl)nc2C(N)=O)cc1. The van der Waals surface area contributed by atoms with E-state index in [-0.39, 0.29) is 5.69 Å². The highest BCUT2D eigenvalue weighted by molar-refractivity contribution is 6.37. The number of halogens is 2. The zero-order valence-electron chi connectivity index (χ0n) is 15.2. The number of carbonyl (C=O) groups is 1. The minimum atomic E-state index is -0.674. The van der Waals surface area contributed by atoms with Gasteiger partial charge in [-0.1, -0.05) is 46.6 Å². The number of anilines is 2. The number of para-hydroxylation sites is 1. The van der Waals surface area contributed by atoms with Gasteiger partial charge in [0.2, 0.25) is 0 Å². The van der Waals surface area contributed by atoms with Gasteiger partial charge in [-0.3, -0.25) is 4.79 Å². The minimum Gasteiger partial charge on any atom is -0.364 e. The molecule has 0 unspecified atom stereocenters. The quantitative estimate of drug-likeness (QED) is 0.503. The molecule has 146 valence electrons. The highest BCUT2D eigenvalue weighted by Crippen LogP contribution is 2.30. The molecule has 0 atom stereocenters. The molecule has 2 aromatic carbocycles. The predicted molar refractivity (Wildman–Crippen MR) is 112 cm³/mol. The van der Waals surface area contributed by atoms with E-state index in [4.69, 9.17) is 28.9 Å². The van der Waals surface area contributed by atoms with Crippen molar-refractivity contribution in [2.45, 2.75) is 0 Å². The Labute approximate surface area is 175 Å². The first-order chi connectivity index (χ1) is 13.9. The van der Waals surface area contributed by atoms with Crippen LogP contribution in [-0.2, 0) is 7.05 Å². The number of nitrogens with two attached hydrogens (primary N) is 1. The van der Waals surface area contributed by atoms with Crippen LogP contribution < -0.4 is 11.1 Å². The maximum atomic E-state index is 11.9. The molecule has 2 heterocycles. The number of aromatic nitrogens is 5. The van der Waals surface area contributed by atoms with Crippen molar-refractivity contribution in [3.05, 3.63) is 70.6 Å². The molecule has 29 heavy (non-hydrogen) atoms. The zero-order chi connectivity index (χ0) is 20.5. The van der Waals surface area contributed by atoms with Crippen molar-refractivity contribution in [1.29, 1.82) is 0 Å². The third kappa shape index (κ3) is 3.67. The van der Waals surface area contributed by atoms with Gasteiger partial charge in [0.15, 0.2) is 5.69 Å². The van der Waals surface area contributed by atoms with Crippen molar-refractivity contribution in [3.63, 3.8) is 0 Å². The summed E-state index contributed by atoms with van der Waals surface area (Å²) in [5, 5.41) is 16.0. The first-order valence-electron chi connectivity index (χ1n) is 8.50. The molecule has 4 rings (SSSR count). The predicted octanol–water partition coefficient (Wildman–Crippen LogP) is 3.82. The number of amides is 1. The minimum absolute atomic E-state index is 0.0703. The van der Waals surface area contributed by atoms with Crippen molar-refractivity contribution in [2.24, 2.45) is 12.8 Å². The summed E-state index contributed by atoms with van der Waals surface area (Å²) in [5.74, 6) is -0.674. The second-order valence-electron chi connectivity index (χ2n) is 6.22. The molecular formula is C19H15Cl2N7O. The van der Waals surface area contributed by atoms with Gasteiger partial charge in [0.1, 0.15) is 5.69 Å². The Balaban J connectivity index is 1.67. The number of benzene rings is 2. The average Bonchev–Trinajstić information content (AvgIpc) is 3.29. The van der Waals surface area contributed by atoms with Crippen LogP contribution in [0, 0.1) is 0 Å². The number of aryl methyl sites for hydroxylation is 1. The van der Waals surface area contributed by atoms with E-state index in [2.05, 4.69) is 20.7 Å². The van der Waals surface area contributed by atoms with Gasteiger partial charge in [-0.25, -0.2) is 9.36 Å². The molecule has 2 aromatic heterocycles. The monoisotopic (exact) mass is 427 g/mol. The average molecular weight is 428 g/mol. The van der Waals surface area contributed by atoms with Gasteiger partial charge >= 0.3 is 0 Å². The summed E-state index contributed by atoms with van der Waals surface area (Å²) in [6.45, 7) is 0. The largest absolute Gasteiger partial charge is 0.364 e. The van der Waals surface area contributed by atoms with Crippen LogP contribution >= 0.6 is 23.2 Å². The van der Waals surface area contributed by atoms with E-state index < -0.39 is 5.91 Å². The summed E-state index contributed by atoms with van der Waals surface area (Å²) in [5.41, 5.74) is 9.06. The number of primary amides is 1. The molecule has 0 saturated heterocycles. The smallest absolute Gasteiger partial charge is 0.271 e. The topological polar surface area (TPSA) is 104 Å². The molecule has 0 fully saturated rings. The zero-order valence-corrected chi connectivity index (χ0v) is 16.7. The lowest BCUT2D eigenvalue weighted by Gasteiger charge is -2.07. The van der Waals surface area contributed by atoms with Gasteiger partial charge in [-0.2, -0.15) is 5.10 Å². The molecule has 0 aliphatic rings. The van der Waals surface area contributed by atoms with Gasteiger partial charge in [-0.15, -0.1) is 5.10 Å². The Morgan fingerprint density at radius 1 is 1.10 bits per heavy atom. The number of carbonyl (C=O) groups excluding carboxylic acids is 1. The van der Waals surface area contributed by atoms with Crippen LogP contribution in [0.3, 0.4) is 0 Å². The van der Waals surface area contributed by atoms with E-state index in [1.807, 2.05) is 31.3 Å². The number of hydrogen-bond donors (Lipinski definition) is 2. The molecule has 3 N–H and O–H groups in total. The van der Waals surface area contributed by atoms with Gasteiger partial charge in [0.25, 0.3) is 5.91 Å². The van der Waals surface area contributed by atoms with Crippen molar-refractivity contribution in [2.75, 3.05) is 5.32 Å². The molecule has 8 nitrogen and oxygen atoms in total. The fourth-order valence-electron chi connectivity index (χ4n) is 2.90. The number of hydrogen-bond acceptors (Lipinski definition) is 5. The molecule has 0 aliphatic heterocycles. The Hall–Kier alpha value is -3.36. The third-order valence-corrected chi connectivity index (χ3v) is 4.90. The molecule has 0 radical (unpaired) electrons. The lowest BCUT2D eigenvalue weighted by atomic mass is 10.1. The van der Waals surface area contributed by atoms with Crippen LogP contribution in [0.1, 0.15) is 10.5 Å². The van der Waals surface area contributed by atoms with E-state index in [9.17, 15) is 4.79 Å². The molecule has 0 saturated carbocycles. The third-order valence-electron chi connectivity index (χ3n) is 4.29. The number of rotatable bonds is 5. The lowest BCUT2D eigenvalue weighted by Crippen LogP contribution is -2.14. The first-order valence-corrected chi connectivity index (χ1v) is 9.25. The van der Waals surface area contributed by atoms with Crippen LogP contribution in [0.15, 0.2) is 54.9 Å². The fraction of sp³-hybridized carbons (Fsp3) is 0.0526. The Morgan fingerprint density at radius 3 is 2.38 bits per heavy atom. The number of nitrogens with zero attached hydrogens (tertiary/aromatic N) is 5. The molecule has 0 bridgehead atoms. The molecule has 0 aliphatic carbocycles. The summed E-state index contributed by atoms with van der Waals surface area (Å²) in [4.78, 5) is 11.9. The Bertz CT molecular complexity index is 1180. The molecule has 4 aromatic rings. The molecule has 0 spiro atoms. The van der Waals surface area contributed by atoms with Crippen LogP contribution in [0.2, 0.25) is 10.0 Å². The Kier molecular flexibility index (Phi) is 4.96. The standard InChI is InChI=1S/C19H15Cl2N7O/c1-27-16(9-23-26-27)11-5-7-12(8-6-11)24-15-10-28(25-17(15)19(22)29)18-13(20)3-2-4-14(18)21/h2-10,24H,1H3,(H2,22,29). The van der Waals surface area contributed by atoms with E-state index in [0.29, 0.717) is 21.4 Å². The number of nitrogens with one attached hydrogen (secondary N) is 1. The molecule has 10 heteroatoms. The van der Waals surface area contributed by atoms with Crippen molar-refractivity contribution in [1.82, 2.24) is 24.8 Å². The summed E-state index contributed by atoms with van der Waals surface area (Å²) < 4.78 is 3.12. The van der Waals surface area contributed by atoms with Gasteiger partial charge in [0.05, 0.1) is 33.8 Å². The van der Waals surface area contributed by atoms with Crippen LogP contribution in [-0.4, -0.2) is 30.7 Å². The van der Waals surface area contributed by atoms with Gasteiger partial charge in [0, 0.05) is 18.3 Å². The van der Waals surface area contributed by atoms with Crippen LogP contribution in [0.4, 0.5) is 11.4 Å². The van der Waals surface area contributed by atoms with Crippen molar-refractivity contribution >= 4 is 40.5 Å². The van der Waals surface area contributed by atoms with Crippen molar-refractivity contribution in [3.8, 4) is 16.9 Å². The first kappa shape index (κ1) is 19.0.